The highest BCUT2D eigenvalue weighted by Gasteiger charge is 2.02. The molecule has 0 amide bonds. The molecule has 9 nitrogen and oxygen atoms in total. The number of allylic oxidation sites excluding steroid dienone is 4. The first kappa shape index (κ1) is 33.4. The van der Waals surface area contributed by atoms with E-state index in [4.69, 9.17) is 5.84 Å². The molecule has 0 saturated carbocycles. The van der Waals surface area contributed by atoms with Gasteiger partial charge in [-0.15, -0.1) is 0 Å². The Kier molecular flexibility index (Phi) is 14.6. The summed E-state index contributed by atoms with van der Waals surface area (Å²) < 4.78 is 0. The molecule has 0 fully saturated rings. The van der Waals surface area contributed by atoms with Gasteiger partial charge in [0, 0.05) is 41.0 Å². The molecule has 0 aliphatic carbocycles. The van der Waals surface area contributed by atoms with E-state index in [-0.39, 0.29) is 0 Å². The van der Waals surface area contributed by atoms with E-state index in [0.29, 0.717) is 0 Å². The fourth-order valence-corrected chi connectivity index (χ4v) is 4.81. The number of hydrogen-bond acceptors (Lipinski definition) is 7. The third-order valence-corrected chi connectivity index (χ3v) is 7.08. The maximum absolute atomic E-state index is 5.01. The number of unbranched alkanes of at least 4 members (excludes halogenated alkanes) is 7. The Bertz CT molecular complexity index is 1510. The summed E-state index contributed by atoms with van der Waals surface area (Å²) in [6.45, 7) is 3.23. The Hall–Kier alpha value is -4.54. The Morgan fingerprint density at radius 1 is 0.578 bits per heavy atom. The molecule has 3 aliphatic heterocycles. The van der Waals surface area contributed by atoms with Crippen molar-refractivity contribution in [1.82, 2.24) is 41.7 Å². The molecule has 0 atom stereocenters. The van der Waals surface area contributed by atoms with Crippen LogP contribution in [0.3, 0.4) is 0 Å². The maximum atomic E-state index is 5.01. The van der Waals surface area contributed by atoms with Crippen LogP contribution in [-0.2, 0) is 0 Å². The number of aromatic amines is 2. The number of hydrogen-bond donors (Lipinski definition) is 7. The van der Waals surface area contributed by atoms with Gasteiger partial charge in [0.15, 0.2) is 0 Å². The van der Waals surface area contributed by atoms with Gasteiger partial charge in [0.05, 0.1) is 22.8 Å². The van der Waals surface area contributed by atoms with E-state index in [1.165, 1.54) is 51.4 Å². The van der Waals surface area contributed by atoms with Crippen molar-refractivity contribution in [3.8, 4) is 0 Å². The van der Waals surface area contributed by atoms with Gasteiger partial charge in [0.2, 0.25) is 0 Å². The van der Waals surface area contributed by atoms with Crippen LogP contribution in [0.2, 0.25) is 0 Å². The first-order valence-corrected chi connectivity index (χ1v) is 15.9. The Morgan fingerprint density at radius 3 is 1.56 bits per heavy atom. The van der Waals surface area contributed by atoms with E-state index >= 15 is 0 Å². The molecule has 9 heteroatoms. The van der Waals surface area contributed by atoms with Crippen LogP contribution in [0.5, 0.6) is 0 Å². The smallest absolute Gasteiger partial charge is 0.0659 e. The van der Waals surface area contributed by atoms with Gasteiger partial charge in [-0.1, -0.05) is 64.0 Å². The Balaban J connectivity index is 0.000000186. The molecule has 0 spiro atoms. The highest BCUT2D eigenvalue weighted by atomic mass is 15.7. The van der Waals surface area contributed by atoms with E-state index < -0.39 is 0 Å². The Morgan fingerprint density at radius 2 is 1.04 bits per heavy atom. The lowest BCUT2D eigenvalue weighted by Crippen LogP contribution is -2.47. The predicted molar refractivity (Wildman–Crippen MR) is 190 cm³/mol. The van der Waals surface area contributed by atoms with E-state index in [0.717, 1.165) is 51.4 Å². The summed E-state index contributed by atoms with van der Waals surface area (Å²) in [5, 5.41) is 2.92. The minimum atomic E-state index is 0.915. The molecular weight excluding hydrogens is 558 g/mol. The Labute approximate surface area is 266 Å². The third kappa shape index (κ3) is 12.9. The number of rotatable bonds is 11. The minimum Gasteiger partial charge on any atom is -0.368 e. The topological polar surface area (TPSA) is 132 Å². The lowest BCUT2D eigenvalue weighted by Gasteiger charge is -2.04. The molecular formula is C36H47N9. The van der Waals surface area contributed by atoms with Crippen molar-refractivity contribution in [2.75, 3.05) is 6.54 Å². The number of nitrogens with one attached hydrogen (secondary N) is 6. The summed E-state index contributed by atoms with van der Waals surface area (Å²) in [6.07, 6.45) is 30.4. The van der Waals surface area contributed by atoms with Crippen molar-refractivity contribution in [3.63, 3.8) is 0 Å². The highest BCUT2D eigenvalue weighted by Crippen LogP contribution is 2.17. The van der Waals surface area contributed by atoms with Crippen molar-refractivity contribution in [3.05, 3.63) is 108 Å². The lowest BCUT2D eigenvalue weighted by atomic mass is 10.1. The second kappa shape index (κ2) is 19.7. The van der Waals surface area contributed by atoms with Crippen LogP contribution in [0, 0.1) is 0 Å². The summed E-state index contributed by atoms with van der Waals surface area (Å²) >= 11 is 0. The van der Waals surface area contributed by atoms with Crippen molar-refractivity contribution in [2.45, 2.75) is 58.3 Å². The largest absolute Gasteiger partial charge is 0.368 e. The normalized spacial score (nSPS) is 12.6. The number of H-pyrrole nitrogens is 2. The monoisotopic (exact) mass is 605 g/mol. The summed E-state index contributed by atoms with van der Waals surface area (Å²) in [5.74, 6) is 5.01. The summed E-state index contributed by atoms with van der Waals surface area (Å²) in [4.78, 5) is 16.0. The van der Waals surface area contributed by atoms with Gasteiger partial charge >= 0.3 is 0 Å². The highest BCUT2D eigenvalue weighted by molar-refractivity contribution is 5.77. The molecule has 3 aromatic heterocycles. The second-order valence-electron chi connectivity index (χ2n) is 10.8. The van der Waals surface area contributed by atoms with Gasteiger partial charge < -0.3 is 15.3 Å². The SMILES string of the molecule is C1=CC=CNC=C1.C1=Cc2cc3ccc(cc4ccc(cc5nc(cc1n2)C=C5)[nH]4)[nH]3.CCCCCCCCCCNNNN. The average Bonchev–Trinajstić information content (AvgIpc) is 3.83. The van der Waals surface area contributed by atoms with Crippen LogP contribution >= 0.6 is 0 Å². The maximum Gasteiger partial charge on any atom is 0.0659 e. The first-order valence-electron chi connectivity index (χ1n) is 15.9. The van der Waals surface area contributed by atoms with Crippen LogP contribution in [0.15, 0.2) is 85.2 Å². The van der Waals surface area contributed by atoms with E-state index in [1.807, 2.05) is 79.2 Å². The number of hydrazine groups is 3. The predicted octanol–water partition coefficient (Wildman–Crippen LogP) is 7.43. The zero-order valence-corrected chi connectivity index (χ0v) is 26.2. The standard InChI is InChI=1S/C20H14N4.C10H26N4.C6H7N/c1-2-14-10-16-5-6-18(23-16)12-20-8-7-19(24-20)11-17-4-3-15(22-17)9-13(1)21-14;1-2-3-4-5-6-7-8-9-10-12-14-13-11;1-2-4-6-7-5-3-1/h1-12,21-22H;12-14H,2-11H2,1H3;1-7H. The van der Waals surface area contributed by atoms with Crippen molar-refractivity contribution in [2.24, 2.45) is 5.84 Å². The molecule has 6 rings (SSSR count). The molecule has 8 N–H and O–H groups in total. The third-order valence-electron chi connectivity index (χ3n) is 7.08. The van der Waals surface area contributed by atoms with Gasteiger partial charge in [-0.3, -0.25) is 5.84 Å². The van der Waals surface area contributed by atoms with Crippen molar-refractivity contribution >= 4 is 46.4 Å². The summed E-state index contributed by atoms with van der Waals surface area (Å²) in [5.41, 5.74) is 15.8. The molecule has 6 heterocycles. The van der Waals surface area contributed by atoms with Crippen LogP contribution in [0.25, 0.3) is 46.4 Å². The molecule has 0 radical (unpaired) electrons. The number of fused-ring (bicyclic) bond motifs is 8. The first-order chi connectivity index (χ1) is 22.2. The van der Waals surface area contributed by atoms with Gasteiger partial charge in [0.1, 0.15) is 0 Å². The fourth-order valence-electron chi connectivity index (χ4n) is 4.81. The van der Waals surface area contributed by atoms with E-state index in [1.54, 1.807) is 0 Å². The minimum absolute atomic E-state index is 0.915. The zero-order chi connectivity index (χ0) is 31.4. The summed E-state index contributed by atoms with van der Waals surface area (Å²) in [7, 11) is 0. The van der Waals surface area contributed by atoms with E-state index in [2.05, 4.69) is 79.0 Å². The van der Waals surface area contributed by atoms with E-state index in [9.17, 15) is 0 Å². The number of aromatic nitrogens is 4. The zero-order valence-electron chi connectivity index (χ0n) is 26.2. The molecule has 45 heavy (non-hydrogen) atoms. The van der Waals surface area contributed by atoms with Gasteiger partial charge in [-0.05, 0) is 91.4 Å². The molecule has 236 valence electrons. The van der Waals surface area contributed by atoms with Gasteiger partial charge in [-0.25, -0.2) is 15.4 Å². The molecule has 0 unspecified atom stereocenters. The second-order valence-corrected chi connectivity index (χ2v) is 10.8. The number of nitrogens with two attached hydrogens (primary N) is 1. The molecule has 3 aromatic rings. The van der Waals surface area contributed by atoms with Crippen LogP contribution in [0.1, 0.15) is 81.1 Å². The summed E-state index contributed by atoms with van der Waals surface area (Å²) in [6, 6.07) is 16.4. The number of nitrogens with zero attached hydrogens (tertiary/aromatic N) is 2. The molecule has 0 aromatic carbocycles. The van der Waals surface area contributed by atoms with Crippen molar-refractivity contribution < 1.29 is 0 Å². The lowest BCUT2D eigenvalue weighted by molar-refractivity contribution is 0.431. The quantitative estimate of drug-likeness (QED) is 0.0473. The molecule has 8 bridgehead atoms. The van der Waals surface area contributed by atoms with Crippen LogP contribution in [0.4, 0.5) is 0 Å². The van der Waals surface area contributed by atoms with Crippen molar-refractivity contribution in [1.29, 1.82) is 0 Å². The van der Waals surface area contributed by atoms with Crippen LogP contribution in [-0.4, -0.2) is 26.5 Å². The fraction of sp³-hybridized carbons (Fsp3) is 0.278. The van der Waals surface area contributed by atoms with Gasteiger partial charge in [0.25, 0.3) is 0 Å². The molecule has 0 saturated heterocycles. The van der Waals surface area contributed by atoms with Gasteiger partial charge in [-0.2, -0.15) is 11.1 Å². The average molecular weight is 606 g/mol. The molecule has 3 aliphatic rings. The van der Waals surface area contributed by atoms with Crippen LogP contribution < -0.4 is 27.7 Å².